The van der Waals surface area contributed by atoms with Gasteiger partial charge in [-0.05, 0) is 48.5 Å². The van der Waals surface area contributed by atoms with Crippen LogP contribution in [0.15, 0.2) is 59.1 Å². The molecule has 6 nitrogen and oxygen atoms in total. The topological polar surface area (TPSA) is 76.7 Å². The molecule has 140 valence electrons. The number of nitrogens with zero attached hydrogens (tertiary/aromatic N) is 3. The predicted molar refractivity (Wildman–Crippen MR) is 105 cm³/mol. The van der Waals surface area contributed by atoms with Gasteiger partial charge < -0.3 is 9.84 Å². The molecule has 2 aromatic heterocycles. The fourth-order valence-corrected chi connectivity index (χ4v) is 3.21. The summed E-state index contributed by atoms with van der Waals surface area (Å²) >= 11 is 3.23. The number of hydrogen-bond acceptors (Lipinski definition) is 4. The molecular formula is C20H13BrFN3O3. The Balaban J connectivity index is 1.94. The van der Waals surface area contributed by atoms with Gasteiger partial charge in [0, 0.05) is 21.7 Å². The standard InChI is InChI=1S/C20H13BrFN3O3/c1-28-13-5-2-11(3-6-13)18-9-17(20(26)27)23-19-10-16(24-25(18)19)14-7-4-12(21)8-15(14)22/h2-10H,1H3,(H,26,27). The van der Waals surface area contributed by atoms with E-state index in [1.54, 1.807) is 49.6 Å². The van der Waals surface area contributed by atoms with Crippen LogP contribution in [0.25, 0.3) is 28.2 Å². The van der Waals surface area contributed by atoms with Crippen molar-refractivity contribution in [1.82, 2.24) is 14.6 Å². The highest BCUT2D eigenvalue weighted by Gasteiger charge is 2.17. The van der Waals surface area contributed by atoms with Crippen LogP contribution in [0.1, 0.15) is 10.5 Å². The summed E-state index contributed by atoms with van der Waals surface area (Å²) in [7, 11) is 1.56. The summed E-state index contributed by atoms with van der Waals surface area (Å²) in [6.07, 6.45) is 0. The maximum Gasteiger partial charge on any atom is 0.354 e. The van der Waals surface area contributed by atoms with Gasteiger partial charge in [-0.25, -0.2) is 18.7 Å². The van der Waals surface area contributed by atoms with Crippen molar-refractivity contribution in [2.75, 3.05) is 7.11 Å². The Bertz CT molecular complexity index is 1210. The first kappa shape index (κ1) is 18.1. The highest BCUT2D eigenvalue weighted by Crippen LogP contribution is 2.29. The molecule has 0 amide bonds. The predicted octanol–water partition coefficient (Wildman–Crippen LogP) is 4.67. The number of ether oxygens (including phenoxy) is 1. The van der Waals surface area contributed by atoms with Crippen LogP contribution < -0.4 is 4.74 Å². The number of hydrogen-bond donors (Lipinski definition) is 1. The minimum absolute atomic E-state index is 0.124. The summed E-state index contributed by atoms with van der Waals surface area (Å²) in [6, 6.07) is 14.8. The smallest absolute Gasteiger partial charge is 0.354 e. The highest BCUT2D eigenvalue weighted by molar-refractivity contribution is 9.10. The second-order valence-electron chi connectivity index (χ2n) is 5.98. The van der Waals surface area contributed by atoms with Crippen molar-refractivity contribution in [2.24, 2.45) is 0 Å². The zero-order valence-electron chi connectivity index (χ0n) is 14.6. The third-order valence-corrected chi connectivity index (χ3v) is 4.73. The number of benzene rings is 2. The van der Waals surface area contributed by atoms with Crippen molar-refractivity contribution in [3.63, 3.8) is 0 Å². The molecule has 2 heterocycles. The second kappa shape index (κ2) is 7.05. The highest BCUT2D eigenvalue weighted by atomic mass is 79.9. The summed E-state index contributed by atoms with van der Waals surface area (Å²) in [5.74, 6) is -0.928. The maximum atomic E-state index is 14.4. The molecule has 1 N–H and O–H groups in total. The third-order valence-electron chi connectivity index (χ3n) is 4.24. The van der Waals surface area contributed by atoms with E-state index in [2.05, 4.69) is 26.0 Å². The fourth-order valence-electron chi connectivity index (χ4n) is 2.88. The van der Waals surface area contributed by atoms with Crippen LogP contribution in [-0.4, -0.2) is 32.8 Å². The van der Waals surface area contributed by atoms with Crippen molar-refractivity contribution in [3.8, 4) is 28.3 Å². The lowest BCUT2D eigenvalue weighted by Gasteiger charge is -2.07. The van der Waals surface area contributed by atoms with Gasteiger partial charge in [-0.3, -0.25) is 0 Å². The fraction of sp³-hybridized carbons (Fsp3) is 0.0500. The number of halogens is 2. The number of carboxylic acid groups (broad SMARTS) is 1. The quantitative estimate of drug-likeness (QED) is 0.497. The minimum atomic E-state index is -1.16. The Morgan fingerprint density at radius 3 is 2.54 bits per heavy atom. The number of fused-ring (bicyclic) bond motifs is 1. The molecule has 28 heavy (non-hydrogen) atoms. The Morgan fingerprint density at radius 1 is 1.14 bits per heavy atom. The molecule has 0 unspecified atom stereocenters. The number of rotatable bonds is 4. The van der Waals surface area contributed by atoms with Gasteiger partial charge in [0.25, 0.3) is 0 Å². The average Bonchev–Trinajstić information content (AvgIpc) is 3.11. The molecule has 0 saturated heterocycles. The van der Waals surface area contributed by atoms with E-state index < -0.39 is 11.8 Å². The van der Waals surface area contributed by atoms with Crippen LogP contribution >= 0.6 is 15.9 Å². The van der Waals surface area contributed by atoms with E-state index in [4.69, 9.17) is 4.74 Å². The van der Waals surface area contributed by atoms with E-state index in [0.29, 0.717) is 32.8 Å². The molecule has 4 aromatic rings. The molecular weight excluding hydrogens is 429 g/mol. The molecule has 2 aromatic carbocycles. The van der Waals surface area contributed by atoms with Crippen molar-refractivity contribution in [3.05, 3.63) is 70.6 Å². The third kappa shape index (κ3) is 3.22. The molecule has 0 radical (unpaired) electrons. The Labute approximate surface area is 167 Å². The second-order valence-corrected chi connectivity index (χ2v) is 6.90. The molecule has 0 saturated carbocycles. The van der Waals surface area contributed by atoms with E-state index in [0.717, 1.165) is 5.56 Å². The van der Waals surface area contributed by atoms with Crippen LogP contribution in [0.2, 0.25) is 0 Å². The summed E-state index contributed by atoms with van der Waals surface area (Å²) < 4.78 is 21.7. The first-order chi connectivity index (χ1) is 13.5. The van der Waals surface area contributed by atoms with Gasteiger partial charge in [0.05, 0.1) is 18.5 Å². The van der Waals surface area contributed by atoms with Crippen LogP contribution in [0.5, 0.6) is 5.75 Å². The Kier molecular flexibility index (Phi) is 4.56. The first-order valence-electron chi connectivity index (χ1n) is 8.20. The monoisotopic (exact) mass is 441 g/mol. The molecule has 0 aliphatic heterocycles. The van der Waals surface area contributed by atoms with Gasteiger partial charge in [-0.15, -0.1) is 0 Å². The zero-order valence-corrected chi connectivity index (χ0v) is 16.1. The molecule has 0 aliphatic rings. The van der Waals surface area contributed by atoms with Crippen molar-refractivity contribution >= 4 is 27.5 Å². The van der Waals surface area contributed by atoms with E-state index >= 15 is 0 Å². The van der Waals surface area contributed by atoms with Gasteiger partial charge in [0.1, 0.15) is 11.6 Å². The van der Waals surface area contributed by atoms with E-state index in [1.807, 2.05) is 0 Å². The van der Waals surface area contributed by atoms with E-state index in [-0.39, 0.29) is 5.69 Å². The molecule has 0 bridgehead atoms. The molecule has 4 rings (SSSR count). The molecule has 0 atom stereocenters. The van der Waals surface area contributed by atoms with Gasteiger partial charge in [0.15, 0.2) is 11.3 Å². The van der Waals surface area contributed by atoms with E-state index in [9.17, 15) is 14.3 Å². The van der Waals surface area contributed by atoms with Gasteiger partial charge in [-0.1, -0.05) is 15.9 Å². The lowest BCUT2D eigenvalue weighted by atomic mass is 10.1. The van der Waals surface area contributed by atoms with Gasteiger partial charge >= 0.3 is 5.97 Å². The summed E-state index contributed by atoms with van der Waals surface area (Å²) in [5, 5.41) is 13.9. The van der Waals surface area contributed by atoms with Crippen molar-refractivity contribution in [2.45, 2.75) is 0 Å². The van der Waals surface area contributed by atoms with Gasteiger partial charge in [0.2, 0.25) is 0 Å². The normalized spacial score (nSPS) is 11.0. The zero-order chi connectivity index (χ0) is 19.8. The first-order valence-corrected chi connectivity index (χ1v) is 8.99. The maximum absolute atomic E-state index is 14.4. The Morgan fingerprint density at radius 2 is 1.89 bits per heavy atom. The number of aromatic carboxylic acids is 1. The van der Waals surface area contributed by atoms with Crippen LogP contribution in [-0.2, 0) is 0 Å². The SMILES string of the molecule is COc1ccc(-c2cc(C(=O)O)nc3cc(-c4ccc(Br)cc4F)nn23)cc1. The van der Waals surface area contributed by atoms with Crippen molar-refractivity contribution < 1.29 is 19.0 Å². The molecule has 8 heteroatoms. The number of methoxy groups -OCH3 is 1. The van der Waals surface area contributed by atoms with Gasteiger partial charge in [-0.2, -0.15) is 5.10 Å². The summed E-state index contributed by atoms with van der Waals surface area (Å²) in [6.45, 7) is 0. The number of aromatic nitrogens is 3. The summed E-state index contributed by atoms with van der Waals surface area (Å²) in [4.78, 5) is 15.7. The van der Waals surface area contributed by atoms with Crippen LogP contribution in [0, 0.1) is 5.82 Å². The number of carboxylic acids is 1. The Hall–Kier alpha value is -3.26. The number of carbonyl (C=O) groups is 1. The molecule has 0 spiro atoms. The average molecular weight is 442 g/mol. The van der Waals surface area contributed by atoms with Crippen molar-refractivity contribution in [1.29, 1.82) is 0 Å². The lowest BCUT2D eigenvalue weighted by Crippen LogP contribution is -2.05. The van der Waals surface area contributed by atoms with E-state index in [1.165, 1.54) is 16.6 Å². The van der Waals surface area contributed by atoms with Crippen LogP contribution in [0.4, 0.5) is 4.39 Å². The molecule has 0 aliphatic carbocycles. The largest absolute Gasteiger partial charge is 0.497 e. The lowest BCUT2D eigenvalue weighted by molar-refractivity contribution is 0.0690. The summed E-state index contributed by atoms with van der Waals surface area (Å²) in [5.41, 5.74) is 2.08. The van der Waals surface area contributed by atoms with Crippen LogP contribution in [0.3, 0.4) is 0 Å². The minimum Gasteiger partial charge on any atom is -0.497 e. The molecule has 0 fully saturated rings.